The van der Waals surface area contributed by atoms with E-state index in [2.05, 4.69) is 29.4 Å². The van der Waals surface area contributed by atoms with Crippen molar-refractivity contribution in [2.45, 2.75) is 39.0 Å². The van der Waals surface area contributed by atoms with E-state index in [1.54, 1.807) is 23.5 Å². The van der Waals surface area contributed by atoms with Gasteiger partial charge in [0, 0.05) is 41.7 Å². The van der Waals surface area contributed by atoms with E-state index in [4.69, 9.17) is 16.0 Å². The molecule has 5 rings (SSSR count). The van der Waals surface area contributed by atoms with E-state index in [1.807, 2.05) is 0 Å². The Morgan fingerprint density at radius 3 is 2.84 bits per heavy atom. The molecule has 1 atom stereocenters. The molecule has 166 valence electrons. The fourth-order valence-corrected chi connectivity index (χ4v) is 5.70. The third kappa shape index (κ3) is 3.56. The maximum absolute atomic E-state index is 13.0. The van der Waals surface area contributed by atoms with Crippen LogP contribution in [0.3, 0.4) is 0 Å². The lowest BCUT2D eigenvalue weighted by molar-refractivity contribution is -0.384. The summed E-state index contributed by atoms with van der Waals surface area (Å²) in [4.78, 5) is 27.2. The van der Waals surface area contributed by atoms with Gasteiger partial charge in [0.05, 0.1) is 15.5 Å². The molecule has 4 heterocycles. The number of benzene rings is 1. The van der Waals surface area contributed by atoms with E-state index in [0.717, 1.165) is 35.6 Å². The van der Waals surface area contributed by atoms with Gasteiger partial charge in [-0.25, -0.2) is 0 Å². The summed E-state index contributed by atoms with van der Waals surface area (Å²) in [6.07, 6.45) is 0.317. The van der Waals surface area contributed by atoms with Crippen molar-refractivity contribution >= 4 is 39.5 Å². The highest BCUT2D eigenvalue weighted by atomic mass is 35.5. The van der Waals surface area contributed by atoms with Gasteiger partial charge in [0.25, 0.3) is 11.6 Å². The monoisotopic (exact) mass is 472 g/mol. The second-order valence-corrected chi connectivity index (χ2v) is 9.71. The highest BCUT2D eigenvalue weighted by molar-refractivity contribution is 7.16. The molecule has 10 heteroatoms. The zero-order valence-corrected chi connectivity index (χ0v) is 19.0. The van der Waals surface area contributed by atoms with Crippen LogP contribution < -0.4 is 10.6 Å². The Labute approximate surface area is 193 Å². The lowest BCUT2D eigenvalue weighted by atomic mass is 10.0. The molecule has 2 aromatic heterocycles. The average Bonchev–Trinajstić information content (AvgIpc) is 3.38. The van der Waals surface area contributed by atoms with Crippen molar-refractivity contribution in [2.24, 2.45) is 0 Å². The number of nitro benzene ring substituents is 1. The Morgan fingerprint density at radius 1 is 1.28 bits per heavy atom. The van der Waals surface area contributed by atoms with Gasteiger partial charge in [0.2, 0.25) is 0 Å². The number of thiophene rings is 1. The van der Waals surface area contributed by atoms with E-state index in [1.165, 1.54) is 23.1 Å². The van der Waals surface area contributed by atoms with Crippen molar-refractivity contribution in [1.82, 2.24) is 10.2 Å². The number of hydrogen-bond acceptors (Lipinski definition) is 7. The van der Waals surface area contributed by atoms with Gasteiger partial charge in [0.1, 0.15) is 16.5 Å². The van der Waals surface area contributed by atoms with E-state index in [0.29, 0.717) is 28.1 Å². The van der Waals surface area contributed by atoms with Gasteiger partial charge >= 0.3 is 0 Å². The molecule has 8 nitrogen and oxygen atoms in total. The van der Waals surface area contributed by atoms with Crippen LogP contribution in [0.5, 0.6) is 0 Å². The minimum Gasteiger partial charge on any atom is -0.457 e. The largest absolute Gasteiger partial charge is 0.457 e. The van der Waals surface area contributed by atoms with Crippen molar-refractivity contribution in [3.05, 3.63) is 67.2 Å². The molecule has 32 heavy (non-hydrogen) atoms. The first kappa shape index (κ1) is 21.0. The number of carbonyl (C=O) groups excluding carboxylic acids is 1. The molecular weight excluding hydrogens is 452 g/mol. The number of non-ortho nitro benzene ring substituents is 1. The zero-order chi connectivity index (χ0) is 22.6. The molecule has 3 aromatic rings. The van der Waals surface area contributed by atoms with Crippen LogP contribution in [-0.2, 0) is 13.0 Å². The first-order valence-corrected chi connectivity index (χ1v) is 11.5. The smallest absolute Gasteiger partial charge is 0.270 e. The molecule has 1 aromatic carbocycles. The number of rotatable bonds is 4. The summed E-state index contributed by atoms with van der Waals surface area (Å²) < 4.78 is 5.95. The molecule has 2 aliphatic rings. The molecule has 0 saturated carbocycles. The minimum atomic E-state index is -0.539. The zero-order valence-electron chi connectivity index (χ0n) is 17.5. The molecule has 0 spiro atoms. The summed E-state index contributed by atoms with van der Waals surface area (Å²) in [7, 11) is 0. The maximum Gasteiger partial charge on any atom is 0.270 e. The molecule has 2 aliphatic heterocycles. The van der Waals surface area contributed by atoms with Crippen LogP contribution in [0.1, 0.15) is 46.6 Å². The molecule has 0 fully saturated rings. The number of hydrogen-bond donors (Lipinski definition) is 2. The number of nitrogens with one attached hydrogen (secondary N) is 2. The Morgan fingerprint density at radius 2 is 2.09 bits per heavy atom. The molecule has 0 radical (unpaired) electrons. The van der Waals surface area contributed by atoms with Gasteiger partial charge in [-0.15, -0.1) is 11.3 Å². The third-order valence-corrected chi connectivity index (χ3v) is 7.41. The van der Waals surface area contributed by atoms with Gasteiger partial charge in [-0.3, -0.25) is 19.8 Å². The number of nitrogens with zero attached hydrogens (tertiary/aromatic N) is 2. The van der Waals surface area contributed by atoms with Crippen LogP contribution in [0.2, 0.25) is 5.02 Å². The average molecular weight is 473 g/mol. The third-order valence-electron chi connectivity index (χ3n) is 5.93. The summed E-state index contributed by atoms with van der Waals surface area (Å²) in [5.74, 6) is 0.774. The minimum absolute atomic E-state index is 0.0734. The van der Waals surface area contributed by atoms with Crippen molar-refractivity contribution < 1.29 is 14.1 Å². The lowest BCUT2D eigenvalue weighted by Crippen LogP contribution is -2.39. The normalized spacial score (nSPS) is 18.1. The second-order valence-electron chi connectivity index (χ2n) is 8.20. The molecule has 0 saturated heterocycles. The van der Waals surface area contributed by atoms with Gasteiger partial charge < -0.3 is 15.1 Å². The lowest BCUT2D eigenvalue weighted by Gasteiger charge is -2.30. The number of fused-ring (bicyclic) bond motifs is 3. The van der Waals surface area contributed by atoms with Crippen LogP contribution >= 0.6 is 22.9 Å². The Bertz CT molecular complexity index is 1230. The summed E-state index contributed by atoms with van der Waals surface area (Å²) in [6, 6.07) is 8.09. The summed E-state index contributed by atoms with van der Waals surface area (Å²) in [5.41, 5.74) is 2.22. The van der Waals surface area contributed by atoms with Crippen molar-refractivity contribution in [1.29, 1.82) is 0 Å². The van der Waals surface area contributed by atoms with E-state index in [-0.39, 0.29) is 11.6 Å². The number of anilines is 1. The highest BCUT2D eigenvalue weighted by Crippen LogP contribution is 2.42. The van der Waals surface area contributed by atoms with Crippen molar-refractivity contribution in [2.75, 3.05) is 11.9 Å². The van der Waals surface area contributed by atoms with E-state index >= 15 is 0 Å². The summed E-state index contributed by atoms with van der Waals surface area (Å²) in [5, 5.41) is 18.7. The first-order valence-electron chi connectivity index (χ1n) is 10.3. The van der Waals surface area contributed by atoms with Crippen LogP contribution in [0.15, 0.2) is 34.7 Å². The quantitative estimate of drug-likeness (QED) is 0.400. The number of nitro groups is 1. The van der Waals surface area contributed by atoms with E-state index in [9.17, 15) is 14.9 Å². The Balaban J connectivity index is 1.43. The Kier molecular flexibility index (Phi) is 5.19. The fraction of sp³-hybridized carbons (Fsp3) is 0.318. The number of carbonyl (C=O) groups is 1. The van der Waals surface area contributed by atoms with Crippen LogP contribution in [-0.4, -0.2) is 28.3 Å². The summed E-state index contributed by atoms with van der Waals surface area (Å²) in [6.45, 7) is 6.15. The Hall–Kier alpha value is -2.88. The van der Waals surface area contributed by atoms with Crippen molar-refractivity contribution in [3.63, 3.8) is 0 Å². The fourth-order valence-electron chi connectivity index (χ4n) is 4.19. The predicted octanol–water partition coefficient (Wildman–Crippen LogP) is 5.19. The van der Waals surface area contributed by atoms with Gasteiger partial charge in [-0.1, -0.05) is 11.6 Å². The number of amides is 1. The van der Waals surface area contributed by atoms with Gasteiger partial charge in [-0.05, 0) is 44.0 Å². The highest BCUT2D eigenvalue weighted by Gasteiger charge is 2.34. The summed E-state index contributed by atoms with van der Waals surface area (Å²) >= 11 is 7.86. The van der Waals surface area contributed by atoms with Crippen LogP contribution in [0, 0.1) is 10.1 Å². The molecule has 0 bridgehead atoms. The number of furan rings is 1. The first-order chi connectivity index (χ1) is 15.3. The molecule has 1 amide bonds. The van der Waals surface area contributed by atoms with Gasteiger partial charge in [-0.2, -0.15) is 0 Å². The topological polar surface area (TPSA) is 101 Å². The molecule has 0 aliphatic carbocycles. The maximum atomic E-state index is 13.0. The molecule has 0 unspecified atom stereocenters. The van der Waals surface area contributed by atoms with Gasteiger partial charge in [0.15, 0.2) is 6.17 Å². The van der Waals surface area contributed by atoms with E-state index < -0.39 is 11.1 Å². The second kappa shape index (κ2) is 7.91. The van der Waals surface area contributed by atoms with Crippen LogP contribution in [0.25, 0.3) is 11.3 Å². The van der Waals surface area contributed by atoms with Crippen molar-refractivity contribution in [3.8, 4) is 11.3 Å². The number of halogens is 1. The predicted molar refractivity (Wildman–Crippen MR) is 123 cm³/mol. The molecule has 2 N–H and O–H groups in total. The standard InChI is InChI=1S/C22H21ClN4O4S/c1-11(2)26-8-7-13-18(10-26)32-22-19(13)21(28)24-20(25-22)17-6-5-16(31-17)14-9-12(27(29)30)3-4-15(14)23/h3-6,9,11,20,25H,7-8,10H2,1-2H3,(H,24,28)/t20-/m1/s1. The SMILES string of the molecule is CC(C)N1CCc2c(sc3c2C(=O)N[C@@H](c2ccc(-c4cc([N+](=O)[O-])ccc4Cl)o2)N3)C1. The molecular formula is C22H21ClN4O4S. The van der Waals surface area contributed by atoms with Crippen LogP contribution in [0.4, 0.5) is 10.7 Å².